The van der Waals surface area contributed by atoms with Crippen molar-refractivity contribution in [1.82, 2.24) is 0 Å². The van der Waals surface area contributed by atoms with E-state index in [1.54, 1.807) is 0 Å². The van der Waals surface area contributed by atoms with E-state index in [1.807, 2.05) is 0 Å². The van der Waals surface area contributed by atoms with Crippen molar-refractivity contribution < 1.29 is 13.9 Å². The van der Waals surface area contributed by atoms with Crippen LogP contribution in [0.3, 0.4) is 0 Å². The molecule has 0 amide bonds. The SMILES string of the molecule is Cc1cc(C(C)(C)C)cc(C)c1N1c2cccc3c2B(c2cc4c(cc2N3c2ccc(C(C)(C)C)cc2-c2ccccc2)OCCCO4)c2c1oc1ccc(C(C)(C)C)cc21. The summed E-state index contributed by atoms with van der Waals surface area (Å²) in [6, 6.07) is 40.8. The third-order valence-electron chi connectivity index (χ3n) is 13.1. The van der Waals surface area contributed by atoms with Crippen molar-refractivity contribution in [3.8, 4) is 22.6 Å². The molecule has 3 aliphatic rings. The van der Waals surface area contributed by atoms with Gasteiger partial charge in [0.05, 0.1) is 24.6 Å². The van der Waals surface area contributed by atoms with Crippen LogP contribution in [-0.4, -0.2) is 19.9 Å². The number of fused-ring (bicyclic) bond motifs is 7. The van der Waals surface area contributed by atoms with E-state index in [1.165, 1.54) is 55.3 Å². The molecule has 0 aliphatic carbocycles. The fraction of sp³-hybridized carbons (Fsp3) is 0.309. The lowest BCUT2D eigenvalue weighted by atomic mass is 9.33. The third-order valence-corrected chi connectivity index (χ3v) is 13.1. The van der Waals surface area contributed by atoms with E-state index in [9.17, 15) is 0 Å². The van der Waals surface area contributed by atoms with Crippen LogP contribution in [-0.2, 0) is 16.2 Å². The number of hydrogen-bond donors (Lipinski definition) is 0. The van der Waals surface area contributed by atoms with Crippen molar-refractivity contribution >= 4 is 68.4 Å². The maximum Gasteiger partial charge on any atom is 0.257 e. The summed E-state index contributed by atoms with van der Waals surface area (Å²) in [4.78, 5) is 4.94. The monoisotopic (exact) mass is 804 g/mol. The Morgan fingerprint density at radius 2 is 1.13 bits per heavy atom. The second-order valence-electron chi connectivity index (χ2n) is 20.6. The maximum absolute atomic E-state index is 7.22. The van der Waals surface area contributed by atoms with E-state index in [0.29, 0.717) is 13.2 Å². The van der Waals surface area contributed by atoms with Gasteiger partial charge in [-0.3, -0.25) is 4.90 Å². The summed E-state index contributed by atoms with van der Waals surface area (Å²) in [7, 11) is 0. The normalized spacial score (nSPS) is 14.8. The van der Waals surface area contributed by atoms with Crippen LogP contribution >= 0.6 is 0 Å². The van der Waals surface area contributed by atoms with Crippen LogP contribution in [0.1, 0.15) is 96.6 Å². The van der Waals surface area contributed by atoms with E-state index < -0.39 is 0 Å². The number of anilines is 6. The fourth-order valence-electron chi connectivity index (χ4n) is 9.85. The van der Waals surface area contributed by atoms with Gasteiger partial charge in [-0.1, -0.05) is 123 Å². The Kier molecular flexibility index (Phi) is 8.90. The van der Waals surface area contributed by atoms with Crippen molar-refractivity contribution in [2.45, 2.75) is 98.8 Å². The maximum atomic E-state index is 7.22. The molecule has 1 aromatic heterocycles. The van der Waals surface area contributed by atoms with Crippen molar-refractivity contribution in [3.63, 3.8) is 0 Å². The molecule has 0 atom stereocenters. The molecule has 0 radical (unpaired) electrons. The van der Waals surface area contributed by atoms with E-state index in [-0.39, 0.29) is 23.0 Å². The van der Waals surface area contributed by atoms with Crippen LogP contribution in [0.15, 0.2) is 114 Å². The first kappa shape index (κ1) is 39.3. The summed E-state index contributed by atoms with van der Waals surface area (Å²) in [6.07, 6.45) is 0.830. The zero-order chi connectivity index (χ0) is 42.7. The molecule has 0 saturated carbocycles. The Morgan fingerprint density at radius 3 is 1.79 bits per heavy atom. The van der Waals surface area contributed by atoms with Crippen molar-refractivity contribution in [3.05, 3.63) is 137 Å². The lowest BCUT2D eigenvalue weighted by molar-refractivity contribution is 0.297. The molecule has 6 aromatic carbocycles. The second kappa shape index (κ2) is 13.8. The van der Waals surface area contributed by atoms with E-state index in [2.05, 4.69) is 195 Å². The first-order valence-corrected chi connectivity index (χ1v) is 22.0. The highest BCUT2D eigenvalue weighted by molar-refractivity contribution is 7.01. The molecule has 10 rings (SSSR count). The molecule has 5 nitrogen and oxygen atoms in total. The summed E-state index contributed by atoms with van der Waals surface area (Å²) in [5.41, 5.74) is 18.7. The minimum absolute atomic E-state index is 0.00779. The molecule has 61 heavy (non-hydrogen) atoms. The number of furan rings is 1. The average molecular weight is 805 g/mol. The number of benzene rings is 6. The highest BCUT2D eigenvalue weighted by Gasteiger charge is 2.47. The van der Waals surface area contributed by atoms with Gasteiger partial charge >= 0.3 is 0 Å². The Bertz CT molecular complexity index is 2860. The molecule has 0 spiro atoms. The van der Waals surface area contributed by atoms with Gasteiger partial charge in [0.15, 0.2) is 11.5 Å². The first-order valence-electron chi connectivity index (χ1n) is 22.0. The summed E-state index contributed by atoms with van der Waals surface area (Å²) in [5.74, 6) is 2.44. The number of nitrogens with zero attached hydrogens (tertiary/aromatic N) is 2. The average Bonchev–Trinajstić information content (AvgIpc) is 3.43. The molecule has 0 bridgehead atoms. The van der Waals surface area contributed by atoms with Gasteiger partial charge < -0.3 is 18.8 Å². The predicted octanol–water partition coefficient (Wildman–Crippen LogP) is 12.9. The largest absolute Gasteiger partial charge is 0.490 e. The van der Waals surface area contributed by atoms with E-state index >= 15 is 0 Å². The van der Waals surface area contributed by atoms with Crippen molar-refractivity contribution in [1.29, 1.82) is 0 Å². The number of hydrogen-bond acceptors (Lipinski definition) is 5. The van der Waals surface area contributed by atoms with E-state index in [4.69, 9.17) is 13.9 Å². The molecule has 3 aliphatic heterocycles. The standard InChI is InChI=1S/C55H57BN2O3/c1-33-27-38(55(9,10)11)28-34(2)51(33)58-44-20-15-19-43-50(44)56(49-40-30-37(54(6,7)8)22-24-46(40)61-52(49)58)41-31-47-48(60-26-16-25-59-47)32-45(41)57(43)42-23-21-36(53(3,4)5)29-39(42)35-17-13-12-14-18-35/h12-15,17-24,27-32H,16,25-26H2,1-11H3. The highest BCUT2D eigenvalue weighted by atomic mass is 16.5. The molecule has 308 valence electrons. The topological polar surface area (TPSA) is 38.1 Å². The minimum atomic E-state index is -0.152. The molecule has 0 N–H and O–H groups in total. The molecule has 4 heterocycles. The van der Waals surface area contributed by atoms with Crippen LogP contribution in [0, 0.1) is 13.8 Å². The summed E-state index contributed by atoms with van der Waals surface area (Å²) in [5, 5.41) is 1.14. The van der Waals surface area contributed by atoms with E-state index in [0.717, 1.165) is 63.2 Å². The van der Waals surface area contributed by atoms with Crippen LogP contribution in [0.2, 0.25) is 0 Å². The molecule has 0 saturated heterocycles. The number of ether oxygens (including phenoxy) is 2. The van der Waals surface area contributed by atoms with Crippen molar-refractivity contribution in [2.75, 3.05) is 23.0 Å². The Balaban J connectivity index is 1.34. The molecule has 7 aromatic rings. The summed E-state index contributed by atoms with van der Waals surface area (Å²) < 4.78 is 20.3. The van der Waals surface area contributed by atoms with Gasteiger partial charge in [-0.25, -0.2) is 0 Å². The quantitative estimate of drug-likeness (QED) is 0.166. The number of rotatable bonds is 3. The smallest absolute Gasteiger partial charge is 0.257 e. The lowest BCUT2D eigenvalue weighted by Gasteiger charge is -2.43. The van der Waals surface area contributed by atoms with Crippen LogP contribution < -0.4 is 35.7 Å². The van der Waals surface area contributed by atoms with Gasteiger partial charge in [-0.05, 0) is 117 Å². The van der Waals surface area contributed by atoms with Crippen molar-refractivity contribution in [2.24, 2.45) is 0 Å². The Hall–Kier alpha value is -5.88. The molecular formula is C55H57BN2O3. The Labute approximate surface area is 362 Å². The minimum Gasteiger partial charge on any atom is -0.490 e. The Morgan fingerprint density at radius 1 is 0.525 bits per heavy atom. The zero-order valence-electron chi connectivity index (χ0n) is 37.7. The lowest BCUT2D eigenvalue weighted by Crippen LogP contribution is -2.61. The van der Waals surface area contributed by atoms with Crippen LogP contribution in [0.5, 0.6) is 11.5 Å². The van der Waals surface area contributed by atoms with Gasteiger partial charge in [0.2, 0.25) is 5.88 Å². The van der Waals surface area contributed by atoms with Crippen LogP contribution in [0.4, 0.5) is 34.3 Å². The number of aryl methyl sites for hydroxylation is 2. The molecular weight excluding hydrogens is 747 g/mol. The molecule has 0 unspecified atom stereocenters. The summed E-state index contributed by atoms with van der Waals surface area (Å²) in [6.45, 7) is 26.2. The van der Waals surface area contributed by atoms with Gasteiger partial charge in [0, 0.05) is 46.0 Å². The highest BCUT2D eigenvalue weighted by Crippen LogP contribution is 2.51. The predicted molar refractivity (Wildman–Crippen MR) is 257 cm³/mol. The third kappa shape index (κ3) is 6.35. The molecule has 6 heteroatoms. The van der Waals surface area contributed by atoms with Gasteiger partial charge in [-0.15, -0.1) is 0 Å². The van der Waals surface area contributed by atoms with Gasteiger partial charge in [-0.2, -0.15) is 0 Å². The fourth-order valence-corrected chi connectivity index (χ4v) is 9.85. The molecule has 0 fully saturated rings. The van der Waals surface area contributed by atoms with Gasteiger partial charge in [0.25, 0.3) is 6.71 Å². The summed E-state index contributed by atoms with van der Waals surface area (Å²) >= 11 is 0. The zero-order valence-corrected chi connectivity index (χ0v) is 37.7. The van der Waals surface area contributed by atoms with Gasteiger partial charge in [0.1, 0.15) is 5.58 Å². The second-order valence-corrected chi connectivity index (χ2v) is 20.6. The first-order chi connectivity index (χ1) is 29.0. The van der Waals surface area contributed by atoms with Crippen LogP contribution in [0.25, 0.3) is 22.1 Å².